The highest BCUT2D eigenvalue weighted by molar-refractivity contribution is 6.03. The number of aryl methyl sites for hydroxylation is 1. The van der Waals surface area contributed by atoms with Crippen LogP contribution in [-0.4, -0.2) is 53.5 Å². The second-order valence-corrected chi connectivity index (χ2v) is 6.24. The Morgan fingerprint density at radius 1 is 1.40 bits per heavy atom. The van der Waals surface area contributed by atoms with Crippen molar-refractivity contribution in [2.75, 3.05) is 30.9 Å². The first kappa shape index (κ1) is 16.9. The normalized spacial score (nSPS) is 16.8. The van der Waals surface area contributed by atoms with Crippen LogP contribution in [0.4, 0.5) is 11.6 Å². The summed E-state index contributed by atoms with van der Waals surface area (Å²) in [6.07, 6.45) is 3.04. The molecule has 0 spiro atoms. The average molecular weight is 343 g/mol. The number of aromatic nitrogens is 2. The van der Waals surface area contributed by atoms with Crippen molar-refractivity contribution >= 4 is 23.5 Å². The van der Waals surface area contributed by atoms with E-state index in [0.29, 0.717) is 35.9 Å². The van der Waals surface area contributed by atoms with Crippen molar-refractivity contribution in [1.82, 2.24) is 15.0 Å². The maximum atomic E-state index is 13.0. The molecule has 1 saturated heterocycles. The second kappa shape index (κ2) is 6.92. The van der Waals surface area contributed by atoms with Gasteiger partial charge in [-0.05, 0) is 31.9 Å². The molecule has 1 aliphatic rings. The van der Waals surface area contributed by atoms with Gasteiger partial charge in [0.05, 0.1) is 5.56 Å². The van der Waals surface area contributed by atoms with E-state index in [0.717, 1.165) is 6.42 Å². The van der Waals surface area contributed by atoms with Gasteiger partial charge < -0.3 is 19.6 Å². The average Bonchev–Trinajstić information content (AvgIpc) is 3.23. The van der Waals surface area contributed by atoms with Gasteiger partial charge in [-0.2, -0.15) is 0 Å². The largest absolute Gasteiger partial charge is 0.362 e. The molecule has 8 nitrogen and oxygen atoms in total. The Morgan fingerprint density at radius 2 is 2.20 bits per heavy atom. The fourth-order valence-electron chi connectivity index (χ4n) is 2.99. The molecule has 1 N–H and O–H groups in total. The number of nitrogens with zero attached hydrogens (tertiary/aromatic N) is 4. The molecule has 0 saturated carbocycles. The fourth-order valence-corrected chi connectivity index (χ4v) is 2.99. The summed E-state index contributed by atoms with van der Waals surface area (Å²) in [5.74, 6) is 1.11. The quantitative estimate of drug-likeness (QED) is 0.908. The molecule has 2 aromatic rings. The molecule has 1 aliphatic heterocycles. The summed E-state index contributed by atoms with van der Waals surface area (Å²) in [4.78, 5) is 33.2. The summed E-state index contributed by atoms with van der Waals surface area (Å²) < 4.78 is 4.95. The highest BCUT2D eigenvalue weighted by atomic mass is 16.5. The molecule has 3 heterocycles. The van der Waals surface area contributed by atoms with E-state index in [4.69, 9.17) is 4.52 Å². The predicted octanol–water partition coefficient (Wildman–Crippen LogP) is 1.69. The lowest BCUT2D eigenvalue weighted by Gasteiger charge is -2.25. The lowest BCUT2D eigenvalue weighted by Crippen LogP contribution is -2.43. The molecule has 2 aromatic heterocycles. The Balaban J connectivity index is 1.79. The van der Waals surface area contributed by atoms with Gasteiger partial charge in [-0.25, -0.2) is 4.98 Å². The van der Waals surface area contributed by atoms with Crippen molar-refractivity contribution in [3.05, 3.63) is 35.7 Å². The Hall–Kier alpha value is -2.90. The van der Waals surface area contributed by atoms with Crippen LogP contribution < -0.4 is 10.2 Å². The molecule has 132 valence electrons. The van der Waals surface area contributed by atoms with Crippen LogP contribution >= 0.6 is 0 Å². The zero-order valence-corrected chi connectivity index (χ0v) is 14.5. The van der Waals surface area contributed by atoms with Crippen LogP contribution in [0, 0.1) is 6.92 Å². The Labute approximate surface area is 145 Å². The van der Waals surface area contributed by atoms with Crippen molar-refractivity contribution in [3.8, 4) is 0 Å². The number of hydrogen-bond donors (Lipinski definition) is 1. The number of amides is 2. The van der Waals surface area contributed by atoms with Crippen molar-refractivity contribution < 1.29 is 14.1 Å². The first-order chi connectivity index (χ1) is 12.0. The second-order valence-electron chi connectivity index (χ2n) is 6.24. The minimum Gasteiger partial charge on any atom is -0.362 e. The molecule has 0 unspecified atom stereocenters. The monoisotopic (exact) mass is 343 g/mol. The van der Waals surface area contributed by atoms with Crippen LogP contribution in [0.25, 0.3) is 0 Å². The number of nitrogens with one attached hydrogen (secondary N) is 1. The molecule has 0 bridgehead atoms. The molecule has 1 fully saturated rings. The molecule has 8 heteroatoms. The third-order valence-electron chi connectivity index (χ3n) is 4.14. The summed E-state index contributed by atoms with van der Waals surface area (Å²) in [6, 6.07) is 4.58. The van der Waals surface area contributed by atoms with Crippen LogP contribution in [0.5, 0.6) is 0 Å². The standard InChI is InChI=1S/C17H21N5O3/c1-11-10-14(20-25-11)19-16(23)13-7-5-9-22(13)17(24)12-6-4-8-18-15(12)21(2)3/h4,6,8,10,13H,5,7,9H2,1-3H3,(H,19,20,23)/t13-/m0/s1. The van der Waals surface area contributed by atoms with Gasteiger partial charge in [-0.3, -0.25) is 9.59 Å². The van der Waals surface area contributed by atoms with Gasteiger partial charge >= 0.3 is 0 Å². The van der Waals surface area contributed by atoms with Crippen LogP contribution in [0.1, 0.15) is 29.0 Å². The van der Waals surface area contributed by atoms with Crippen LogP contribution in [0.2, 0.25) is 0 Å². The van der Waals surface area contributed by atoms with Gasteiger partial charge in [-0.15, -0.1) is 0 Å². The molecule has 25 heavy (non-hydrogen) atoms. The van der Waals surface area contributed by atoms with Crippen molar-refractivity contribution in [1.29, 1.82) is 0 Å². The predicted molar refractivity (Wildman–Crippen MR) is 92.5 cm³/mol. The third kappa shape index (κ3) is 3.47. The van der Waals surface area contributed by atoms with Crippen LogP contribution in [-0.2, 0) is 4.79 Å². The van der Waals surface area contributed by atoms with E-state index >= 15 is 0 Å². The number of pyridine rings is 1. The minimum absolute atomic E-state index is 0.189. The third-order valence-corrected chi connectivity index (χ3v) is 4.14. The number of hydrogen-bond acceptors (Lipinski definition) is 6. The Bertz CT molecular complexity index is 786. The molecular weight excluding hydrogens is 322 g/mol. The number of carbonyl (C=O) groups is 2. The molecule has 1 atom stereocenters. The molecule has 0 aliphatic carbocycles. The maximum absolute atomic E-state index is 13.0. The Kier molecular flexibility index (Phi) is 4.69. The number of carbonyl (C=O) groups excluding carboxylic acids is 2. The summed E-state index contributed by atoms with van der Waals surface area (Å²) >= 11 is 0. The highest BCUT2D eigenvalue weighted by Crippen LogP contribution is 2.24. The summed E-state index contributed by atoms with van der Waals surface area (Å²) in [6.45, 7) is 2.29. The van der Waals surface area contributed by atoms with E-state index in [9.17, 15) is 9.59 Å². The topological polar surface area (TPSA) is 91.6 Å². The number of likely N-dealkylation sites (tertiary alicyclic amines) is 1. The van der Waals surface area contributed by atoms with E-state index in [-0.39, 0.29) is 11.8 Å². The molecule has 0 radical (unpaired) electrons. The van der Waals surface area contributed by atoms with E-state index in [1.807, 2.05) is 14.1 Å². The minimum atomic E-state index is -0.528. The van der Waals surface area contributed by atoms with E-state index in [2.05, 4.69) is 15.5 Å². The first-order valence-corrected chi connectivity index (χ1v) is 8.15. The smallest absolute Gasteiger partial charge is 0.258 e. The lowest BCUT2D eigenvalue weighted by atomic mass is 10.1. The van der Waals surface area contributed by atoms with E-state index < -0.39 is 6.04 Å². The SMILES string of the molecule is Cc1cc(NC(=O)[C@@H]2CCCN2C(=O)c2cccnc2N(C)C)no1. The van der Waals surface area contributed by atoms with Gasteiger partial charge in [-0.1, -0.05) is 5.16 Å². The first-order valence-electron chi connectivity index (χ1n) is 8.15. The zero-order chi connectivity index (χ0) is 18.0. The molecule has 2 amide bonds. The lowest BCUT2D eigenvalue weighted by molar-refractivity contribution is -0.119. The van der Waals surface area contributed by atoms with Crippen molar-refractivity contribution in [2.24, 2.45) is 0 Å². The maximum Gasteiger partial charge on any atom is 0.258 e. The summed E-state index contributed by atoms with van der Waals surface area (Å²) in [5.41, 5.74) is 0.490. The highest BCUT2D eigenvalue weighted by Gasteiger charge is 2.36. The zero-order valence-electron chi connectivity index (χ0n) is 14.5. The van der Waals surface area contributed by atoms with Crippen molar-refractivity contribution in [2.45, 2.75) is 25.8 Å². The van der Waals surface area contributed by atoms with Gasteiger partial charge in [0.25, 0.3) is 5.91 Å². The number of rotatable bonds is 4. The van der Waals surface area contributed by atoms with Crippen LogP contribution in [0.3, 0.4) is 0 Å². The summed E-state index contributed by atoms with van der Waals surface area (Å²) in [5, 5.41) is 6.48. The van der Waals surface area contributed by atoms with Gasteiger partial charge in [0.2, 0.25) is 5.91 Å². The fraction of sp³-hybridized carbons (Fsp3) is 0.412. The van der Waals surface area contributed by atoms with Crippen LogP contribution in [0.15, 0.2) is 28.9 Å². The van der Waals surface area contributed by atoms with Gasteiger partial charge in [0.15, 0.2) is 5.82 Å². The Morgan fingerprint density at radius 3 is 2.88 bits per heavy atom. The van der Waals surface area contributed by atoms with E-state index in [1.54, 1.807) is 41.1 Å². The van der Waals surface area contributed by atoms with E-state index in [1.165, 1.54) is 0 Å². The van der Waals surface area contributed by atoms with Gasteiger partial charge in [0, 0.05) is 32.9 Å². The molecule has 0 aromatic carbocycles. The van der Waals surface area contributed by atoms with Gasteiger partial charge in [0.1, 0.15) is 17.6 Å². The number of anilines is 2. The molecular formula is C17H21N5O3. The molecule has 3 rings (SSSR count). The summed E-state index contributed by atoms with van der Waals surface area (Å²) in [7, 11) is 3.67. The van der Waals surface area contributed by atoms with Crippen molar-refractivity contribution in [3.63, 3.8) is 0 Å².